The molecular weight excluding hydrogens is 308 g/mol. The predicted octanol–water partition coefficient (Wildman–Crippen LogP) is 2.03. The summed E-state index contributed by atoms with van der Waals surface area (Å²) in [4.78, 5) is 29.8. The Labute approximate surface area is 141 Å². The van der Waals surface area contributed by atoms with E-state index in [1.54, 1.807) is 38.2 Å². The van der Waals surface area contributed by atoms with Crippen molar-refractivity contribution < 1.29 is 14.1 Å². The maximum Gasteiger partial charge on any atom is 0.257 e. The molecule has 0 saturated heterocycles. The number of rotatable bonds is 4. The zero-order chi connectivity index (χ0) is 17.9. The average Bonchev–Trinajstić information content (AvgIpc) is 2.91. The molecule has 1 N–H and O–H groups in total. The van der Waals surface area contributed by atoms with Crippen LogP contribution in [0.25, 0.3) is 11.5 Å². The minimum absolute atomic E-state index is 0.000703. The fourth-order valence-electron chi connectivity index (χ4n) is 2.14. The molecule has 7 nitrogen and oxygen atoms in total. The largest absolute Gasteiger partial charge is 0.350 e. The molecule has 1 aromatic heterocycles. The van der Waals surface area contributed by atoms with E-state index in [1.165, 1.54) is 4.90 Å². The van der Waals surface area contributed by atoms with Gasteiger partial charge in [0.1, 0.15) is 0 Å². The van der Waals surface area contributed by atoms with Gasteiger partial charge in [-0.2, -0.15) is 4.98 Å². The van der Waals surface area contributed by atoms with Gasteiger partial charge in [0.2, 0.25) is 5.91 Å². The van der Waals surface area contributed by atoms with Crippen LogP contribution in [0, 0.1) is 6.92 Å². The van der Waals surface area contributed by atoms with Crippen molar-refractivity contribution in [3.8, 4) is 11.5 Å². The molecule has 0 aliphatic heterocycles. The average molecular weight is 330 g/mol. The highest BCUT2D eigenvalue weighted by molar-refractivity contribution is 5.96. The van der Waals surface area contributed by atoms with Crippen molar-refractivity contribution >= 4 is 11.8 Å². The summed E-state index contributed by atoms with van der Waals surface area (Å²) in [5, 5.41) is 6.56. The summed E-state index contributed by atoms with van der Waals surface area (Å²) < 4.78 is 5.09. The van der Waals surface area contributed by atoms with Crippen LogP contribution in [0.15, 0.2) is 28.8 Å². The molecule has 0 unspecified atom stereocenters. The van der Waals surface area contributed by atoms with Crippen LogP contribution in [0.3, 0.4) is 0 Å². The molecular formula is C17H22N4O3. The van der Waals surface area contributed by atoms with E-state index in [0.717, 1.165) is 5.56 Å². The fourth-order valence-corrected chi connectivity index (χ4v) is 2.14. The molecule has 24 heavy (non-hydrogen) atoms. The van der Waals surface area contributed by atoms with E-state index in [4.69, 9.17) is 4.52 Å². The van der Waals surface area contributed by atoms with E-state index in [0.29, 0.717) is 17.3 Å². The first-order valence-corrected chi connectivity index (χ1v) is 7.63. The van der Waals surface area contributed by atoms with Crippen molar-refractivity contribution in [3.63, 3.8) is 0 Å². The maximum absolute atomic E-state index is 12.4. The molecule has 0 spiro atoms. The molecule has 2 amide bonds. The fraction of sp³-hybridized carbons (Fsp3) is 0.412. The van der Waals surface area contributed by atoms with Crippen LogP contribution < -0.4 is 5.32 Å². The summed E-state index contributed by atoms with van der Waals surface area (Å²) in [5.41, 5.74) is 0.895. The van der Waals surface area contributed by atoms with E-state index in [-0.39, 0.29) is 23.9 Å². The summed E-state index contributed by atoms with van der Waals surface area (Å²) in [7, 11) is 1.60. The standard InChI is InChI=1S/C17H22N4O3/c1-11-18-15(24-20-11)12-6-8-13(9-7-12)16(23)21(5)10-14(22)19-17(2,3)4/h6-9H,10H2,1-5H3,(H,19,22). The van der Waals surface area contributed by atoms with E-state index in [1.807, 2.05) is 20.8 Å². The number of carbonyl (C=O) groups excluding carboxylic acids is 2. The van der Waals surface area contributed by atoms with Crippen molar-refractivity contribution in [1.82, 2.24) is 20.4 Å². The van der Waals surface area contributed by atoms with Crippen LogP contribution in [0.1, 0.15) is 37.0 Å². The van der Waals surface area contributed by atoms with Crippen LogP contribution in [0.2, 0.25) is 0 Å². The van der Waals surface area contributed by atoms with Gasteiger partial charge in [-0.1, -0.05) is 5.16 Å². The van der Waals surface area contributed by atoms with E-state index >= 15 is 0 Å². The molecule has 0 fully saturated rings. The molecule has 7 heteroatoms. The second-order valence-electron chi connectivity index (χ2n) is 6.68. The molecule has 1 heterocycles. The maximum atomic E-state index is 12.4. The first-order valence-electron chi connectivity index (χ1n) is 7.63. The minimum atomic E-state index is -0.329. The second-order valence-corrected chi connectivity index (χ2v) is 6.68. The van der Waals surface area contributed by atoms with Gasteiger partial charge in [0.15, 0.2) is 5.82 Å². The highest BCUT2D eigenvalue weighted by atomic mass is 16.5. The van der Waals surface area contributed by atoms with Gasteiger partial charge >= 0.3 is 0 Å². The summed E-state index contributed by atoms with van der Waals surface area (Å²) in [5.74, 6) is 0.530. The molecule has 128 valence electrons. The molecule has 0 radical (unpaired) electrons. The monoisotopic (exact) mass is 330 g/mol. The summed E-state index contributed by atoms with van der Waals surface area (Å²) in [6, 6.07) is 6.83. The lowest BCUT2D eigenvalue weighted by molar-refractivity contribution is -0.122. The van der Waals surface area contributed by atoms with Gasteiger partial charge in [0, 0.05) is 23.7 Å². The normalized spacial score (nSPS) is 11.2. The first kappa shape index (κ1) is 17.7. The van der Waals surface area contributed by atoms with Crippen molar-refractivity contribution in [1.29, 1.82) is 0 Å². The van der Waals surface area contributed by atoms with Crippen LogP contribution >= 0.6 is 0 Å². The van der Waals surface area contributed by atoms with Gasteiger partial charge in [-0.15, -0.1) is 0 Å². The van der Waals surface area contributed by atoms with Crippen molar-refractivity contribution in [3.05, 3.63) is 35.7 Å². The smallest absolute Gasteiger partial charge is 0.257 e. The third-order valence-electron chi connectivity index (χ3n) is 3.15. The zero-order valence-electron chi connectivity index (χ0n) is 14.6. The Bertz CT molecular complexity index is 729. The number of amides is 2. The molecule has 0 saturated carbocycles. The molecule has 1 aromatic carbocycles. The number of aromatic nitrogens is 2. The van der Waals surface area contributed by atoms with Crippen molar-refractivity contribution in [2.75, 3.05) is 13.6 Å². The number of hydrogen-bond donors (Lipinski definition) is 1. The molecule has 2 aromatic rings. The second kappa shape index (κ2) is 6.82. The summed E-state index contributed by atoms with van der Waals surface area (Å²) >= 11 is 0. The molecule has 0 bridgehead atoms. The lowest BCUT2D eigenvalue weighted by atomic mass is 10.1. The molecule has 2 rings (SSSR count). The predicted molar refractivity (Wildman–Crippen MR) is 89.3 cm³/mol. The van der Waals surface area contributed by atoms with E-state index in [2.05, 4.69) is 15.5 Å². The number of carbonyl (C=O) groups is 2. The Morgan fingerprint density at radius 2 is 1.83 bits per heavy atom. The Kier molecular flexibility index (Phi) is 5.02. The van der Waals surface area contributed by atoms with Crippen LogP contribution in [-0.4, -0.2) is 46.0 Å². The first-order chi connectivity index (χ1) is 11.2. The third kappa shape index (κ3) is 4.65. The van der Waals surface area contributed by atoms with E-state index in [9.17, 15) is 9.59 Å². The van der Waals surface area contributed by atoms with Crippen LogP contribution in [0.4, 0.5) is 0 Å². The number of likely N-dealkylation sites (N-methyl/N-ethyl adjacent to an activating group) is 1. The Morgan fingerprint density at radius 3 is 2.33 bits per heavy atom. The van der Waals surface area contributed by atoms with Gasteiger partial charge in [-0.3, -0.25) is 9.59 Å². The van der Waals surface area contributed by atoms with Crippen LogP contribution in [0.5, 0.6) is 0 Å². The number of hydrogen-bond acceptors (Lipinski definition) is 5. The van der Waals surface area contributed by atoms with Crippen molar-refractivity contribution in [2.45, 2.75) is 33.2 Å². The Balaban J connectivity index is 2.03. The summed E-state index contributed by atoms with van der Waals surface area (Å²) in [6.45, 7) is 7.42. The van der Waals surface area contributed by atoms with Gasteiger partial charge in [-0.05, 0) is 52.0 Å². The lowest BCUT2D eigenvalue weighted by Gasteiger charge is -2.23. The number of nitrogens with one attached hydrogen (secondary N) is 1. The molecule has 0 atom stereocenters. The molecule has 0 aliphatic carbocycles. The lowest BCUT2D eigenvalue weighted by Crippen LogP contribution is -2.46. The number of nitrogens with zero attached hydrogens (tertiary/aromatic N) is 3. The quantitative estimate of drug-likeness (QED) is 0.926. The number of benzene rings is 1. The number of aryl methyl sites for hydroxylation is 1. The van der Waals surface area contributed by atoms with E-state index < -0.39 is 0 Å². The highest BCUT2D eigenvalue weighted by Crippen LogP contribution is 2.18. The molecule has 0 aliphatic rings. The Hall–Kier alpha value is -2.70. The van der Waals surface area contributed by atoms with Crippen LogP contribution in [-0.2, 0) is 4.79 Å². The minimum Gasteiger partial charge on any atom is -0.350 e. The van der Waals surface area contributed by atoms with Gasteiger partial charge in [0.25, 0.3) is 11.8 Å². The van der Waals surface area contributed by atoms with Crippen molar-refractivity contribution in [2.24, 2.45) is 0 Å². The summed E-state index contributed by atoms with van der Waals surface area (Å²) in [6.07, 6.45) is 0. The van der Waals surface area contributed by atoms with Gasteiger partial charge in [-0.25, -0.2) is 0 Å². The topological polar surface area (TPSA) is 88.3 Å². The highest BCUT2D eigenvalue weighted by Gasteiger charge is 2.19. The van der Waals surface area contributed by atoms with Gasteiger partial charge < -0.3 is 14.7 Å². The third-order valence-corrected chi connectivity index (χ3v) is 3.15. The van der Waals surface area contributed by atoms with Gasteiger partial charge in [0.05, 0.1) is 6.54 Å². The Morgan fingerprint density at radius 1 is 1.21 bits per heavy atom. The zero-order valence-corrected chi connectivity index (χ0v) is 14.6. The SMILES string of the molecule is Cc1noc(-c2ccc(C(=O)N(C)CC(=O)NC(C)(C)C)cc2)n1.